The maximum Gasteiger partial charge on any atom is 0.402 e. The van der Waals surface area contributed by atoms with Crippen LogP contribution < -0.4 is 4.72 Å². The number of hydrogen-bond acceptors (Lipinski definition) is 3. The molecule has 0 saturated carbocycles. The van der Waals surface area contributed by atoms with E-state index in [1.165, 1.54) is 4.72 Å². The third-order valence-corrected chi connectivity index (χ3v) is 3.93. The van der Waals surface area contributed by atoms with Gasteiger partial charge >= 0.3 is 6.18 Å². The van der Waals surface area contributed by atoms with Crippen molar-refractivity contribution in [2.75, 3.05) is 13.1 Å². The highest BCUT2D eigenvalue weighted by Gasteiger charge is 2.35. The molecule has 9 heteroatoms. The summed E-state index contributed by atoms with van der Waals surface area (Å²) < 4.78 is 61.1. The quantitative estimate of drug-likeness (QED) is 0.823. The van der Waals surface area contributed by atoms with E-state index >= 15 is 0 Å². The second-order valence-electron chi connectivity index (χ2n) is 3.69. The fourth-order valence-corrected chi connectivity index (χ4v) is 2.95. The van der Waals surface area contributed by atoms with Gasteiger partial charge in [-0.1, -0.05) is 0 Å². The van der Waals surface area contributed by atoms with Crippen LogP contribution in [0.2, 0.25) is 0 Å². The smallest absolute Gasteiger partial charge is 0.197 e. The monoisotopic (exact) mass is 271 g/mol. The summed E-state index contributed by atoms with van der Waals surface area (Å²) in [5.41, 5.74) is 0. The van der Waals surface area contributed by atoms with Crippen molar-refractivity contribution in [3.63, 3.8) is 0 Å². The Hall–Kier alpha value is -0.850. The fraction of sp³-hybridized carbons (Fsp3) is 0.875. The third kappa shape index (κ3) is 4.14. The van der Waals surface area contributed by atoms with E-state index in [4.69, 9.17) is 5.26 Å². The van der Waals surface area contributed by atoms with Crippen molar-refractivity contribution in [3.05, 3.63) is 0 Å². The van der Waals surface area contributed by atoms with Gasteiger partial charge in [-0.3, -0.25) is 0 Å². The van der Waals surface area contributed by atoms with Crippen LogP contribution in [0.15, 0.2) is 0 Å². The highest BCUT2D eigenvalue weighted by Crippen LogP contribution is 2.20. The summed E-state index contributed by atoms with van der Waals surface area (Å²) in [6.45, 7) is -1.55. The lowest BCUT2D eigenvalue weighted by Crippen LogP contribution is -2.50. The summed E-state index contributed by atoms with van der Waals surface area (Å²) in [5, 5.41) is 8.75. The van der Waals surface area contributed by atoms with Gasteiger partial charge in [-0.25, -0.2) is 0 Å². The summed E-state index contributed by atoms with van der Waals surface area (Å²) in [5.74, 6) is 0. The van der Waals surface area contributed by atoms with E-state index in [0.717, 1.165) is 4.31 Å². The average Bonchev–Trinajstić information content (AvgIpc) is 2.26. The molecule has 0 amide bonds. The summed E-state index contributed by atoms with van der Waals surface area (Å²) in [7, 11) is -4.24. The Kier molecular flexibility index (Phi) is 4.35. The first-order chi connectivity index (χ1) is 7.76. The maximum absolute atomic E-state index is 11.9. The van der Waals surface area contributed by atoms with Gasteiger partial charge in [-0.15, -0.1) is 0 Å². The van der Waals surface area contributed by atoms with E-state index in [1.807, 2.05) is 0 Å². The van der Waals surface area contributed by atoms with Crippen molar-refractivity contribution in [1.82, 2.24) is 9.03 Å². The number of nitriles is 1. The van der Waals surface area contributed by atoms with Crippen molar-refractivity contribution in [2.24, 2.45) is 0 Å². The molecule has 0 radical (unpaired) electrons. The van der Waals surface area contributed by atoms with Crippen LogP contribution in [0.1, 0.15) is 19.3 Å². The van der Waals surface area contributed by atoms with Crippen LogP contribution in [-0.2, 0) is 10.2 Å². The summed E-state index contributed by atoms with van der Waals surface area (Å²) in [4.78, 5) is 0. The van der Waals surface area contributed by atoms with Crippen LogP contribution >= 0.6 is 0 Å². The van der Waals surface area contributed by atoms with Gasteiger partial charge in [0.1, 0.15) is 12.6 Å². The van der Waals surface area contributed by atoms with E-state index in [9.17, 15) is 21.6 Å². The van der Waals surface area contributed by atoms with Crippen molar-refractivity contribution >= 4 is 10.2 Å². The van der Waals surface area contributed by atoms with Crippen molar-refractivity contribution in [2.45, 2.75) is 31.5 Å². The van der Waals surface area contributed by atoms with Crippen LogP contribution in [0.25, 0.3) is 0 Å². The number of rotatable bonds is 3. The normalized spacial score (nSPS) is 23.3. The Bertz CT molecular complexity index is 401. The summed E-state index contributed by atoms with van der Waals surface area (Å²) in [6, 6.07) is 0.903. The van der Waals surface area contributed by atoms with E-state index in [2.05, 4.69) is 0 Å². The van der Waals surface area contributed by atoms with Crippen LogP contribution in [0, 0.1) is 11.3 Å². The molecule has 0 bridgehead atoms. The van der Waals surface area contributed by atoms with Crippen LogP contribution in [-0.4, -0.2) is 38.0 Å². The molecule has 1 rings (SSSR count). The van der Waals surface area contributed by atoms with Gasteiger partial charge in [0.15, 0.2) is 0 Å². The van der Waals surface area contributed by atoms with Crippen molar-refractivity contribution < 1.29 is 21.6 Å². The molecule has 1 N–H and O–H groups in total. The first kappa shape index (κ1) is 14.2. The summed E-state index contributed by atoms with van der Waals surface area (Å²) >= 11 is 0. The zero-order chi connectivity index (χ0) is 13.1. The fourth-order valence-electron chi connectivity index (χ4n) is 1.58. The summed E-state index contributed by atoms with van der Waals surface area (Å²) in [6.07, 6.45) is -3.01. The maximum atomic E-state index is 11.9. The van der Waals surface area contributed by atoms with Gasteiger partial charge in [0.25, 0.3) is 10.2 Å². The molecule has 1 aliphatic heterocycles. The molecular weight excluding hydrogens is 259 g/mol. The molecule has 5 nitrogen and oxygen atoms in total. The Morgan fingerprint density at radius 2 is 2.06 bits per heavy atom. The predicted molar refractivity (Wildman–Crippen MR) is 52.9 cm³/mol. The van der Waals surface area contributed by atoms with Gasteiger partial charge in [0, 0.05) is 6.54 Å². The molecule has 1 unspecified atom stereocenters. The minimum Gasteiger partial charge on any atom is -0.197 e. The molecule has 1 atom stereocenters. The zero-order valence-corrected chi connectivity index (χ0v) is 9.68. The minimum atomic E-state index is -4.61. The van der Waals surface area contributed by atoms with Gasteiger partial charge in [0.2, 0.25) is 0 Å². The number of hydrogen-bond donors (Lipinski definition) is 1. The first-order valence-electron chi connectivity index (χ1n) is 4.99. The van der Waals surface area contributed by atoms with E-state index in [-0.39, 0.29) is 6.54 Å². The van der Waals surface area contributed by atoms with Crippen molar-refractivity contribution in [3.8, 4) is 6.07 Å². The second kappa shape index (κ2) is 5.20. The van der Waals surface area contributed by atoms with E-state index in [0.29, 0.717) is 19.3 Å². The van der Waals surface area contributed by atoms with Gasteiger partial charge in [-0.05, 0) is 19.3 Å². The number of halogens is 3. The van der Waals surface area contributed by atoms with Crippen molar-refractivity contribution in [1.29, 1.82) is 5.26 Å². The molecule has 17 heavy (non-hydrogen) atoms. The molecule has 0 spiro atoms. The Morgan fingerprint density at radius 3 is 2.59 bits per heavy atom. The standard InChI is InChI=1S/C8H12F3N3O2S/c9-8(10,11)6-13-17(15,16)14-4-2-1-3-7(14)5-12/h7,13H,1-4,6H2. The number of nitrogens with one attached hydrogen (secondary N) is 1. The molecular formula is C8H12F3N3O2S. The lowest BCUT2D eigenvalue weighted by atomic mass is 10.1. The number of alkyl halides is 3. The predicted octanol–water partition coefficient (Wildman–Crippen LogP) is 0.761. The van der Waals surface area contributed by atoms with Gasteiger partial charge < -0.3 is 0 Å². The molecule has 1 fully saturated rings. The van der Waals surface area contributed by atoms with Gasteiger partial charge in [0.05, 0.1) is 6.07 Å². The topological polar surface area (TPSA) is 73.2 Å². The second-order valence-corrected chi connectivity index (χ2v) is 5.40. The largest absolute Gasteiger partial charge is 0.402 e. The highest BCUT2D eigenvalue weighted by atomic mass is 32.2. The molecule has 0 aliphatic carbocycles. The van der Waals surface area contributed by atoms with Gasteiger partial charge in [-0.2, -0.15) is 35.9 Å². The molecule has 1 aliphatic rings. The minimum absolute atomic E-state index is 0.0748. The lowest BCUT2D eigenvalue weighted by molar-refractivity contribution is -0.121. The Balaban J connectivity index is 2.72. The average molecular weight is 271 g/mol. The third-order valence-electron chi connectivity index (χ3n) is 2.37. The van der Waals surface area contributed by atoms with Crippen LogP contribution in [0.4, 0.5) is 13.2 Å². The Morgan fingerprint density at radius 1 is 1.41 bits per heavy atom. The first-order valence-corrected chi connectivity index (χ1v) is 6.43. The molecule has 0 aromatic rings. The Labute approximate surface area is 97.4 Å². The SMILES string of the molecule is N#CC1CCCCN1S(=O)(=O)NCC(F)(F)F. The molecule has 1 heterocycles. The lowest BCUT2D eigenvalue weighted by Gasteiger charge is -2.30. The number of piperidine rings is 1. The van der Waals surface area contributed by atoms with Crippen LogP contribution in [0.3, 0.4) is 0 Å². The van der Waals surface area contributed by atoms with E-state index < -0.39 is 29.0 Å². The zero-order valence-electron chi connectivity index (χ0n) is 8.87. The highest BCUT2D eigenvalue weighted by molar-refractivity contribution is 7.87. The molecule has 0 aromatic carbocycles. The number of nitrogens with zero attached hydrogens (tertiary/aromatic N) is 2. The molecule has 0 aromatic heterocycles. The van der Waals surface area contributed by atoms with Crippen LogP contribution in [0.5, 0.6) is 0 Å². The molecule has 1 saturated heterocycles. The van der Waals surface area contributed by atoms with E-state index in [1.54, 1.807) is 6.07 Å². The molecule has 98 valence electrons.